The maximum Gasteiger partial charge on any atom is 0.303 e. The molecule has 0 saturated heterocycles. The van der Waals surface area contributed by atoms with Crippen molar-refractivity contribution in [2.75, 3.05) is 7.11 Å². The maximum absolute atomic E-state index is 11.1. The SMILES string of the molecule is COc1cc(C(C)C)cc(C(CC(=O)O)C2CC2)c1Cl. The second kappa shape index (κ2) is 6.04. The van der Waals surface area contributed by atoms with E-state index in [1.807, 2.05) is 6.07 Å². The van der Waals surface area contributed by atoms with Crippen LogP contribution >= 0.6 is 11.6 Å². The highest BCUT2D eigenvalue weighted by Gasteiger charge is 2.35. The van der Waals surface area contributed by atoms with Crippen LogP contribution in [0.15, 0.2) is 12.1 Å². The van der Waals surface area contributed by atoms with Crippen molar-refractivity contribution in [1.29, 1.82) is 0 Å². The Morgan fingerprint density at radius 2 is 2.10 bits per heavy atom. The maximum atomic E-state index is 11.1. The van der Waals surface area contributed by atoms with Crippen LogP contribution in [-0.2, 0) is 4.79 Å². The summed E-state index contributed by atoms with van der Waals surface area (Å²) in [7, 11) is 1.60. The lowest BCUT2D eigenvalue weighted by Crippen LogP contribution is -2.10. The van der Waals surface area contributed by atoms with Gasteiger partial charge in [-0.3, -0.25) is 4.79 Å². The van der Waals surface area contributed by atoms with Gasteiger partial charge in [0.2, 0.25) is 0 Å². The van der Waals surface area contributed by atoms with Crippen molar-refractivity contribution in [2.45, 2.75) is 44.9 Å². The van der Waals surface area contributed by atoms with Gasteiger partial charge in [0.1, 0.15) is 5.75 Å². The molecule has 0 amide bonds. The molecule has 2 rings (SSSR count). The van der Waals surface area contributed by atoms with Gasteiger partial charge in [-0.25, -0.2) is 0 Å². The minimum absolute atomic E-state index is 0.00685. The summed E-state index contributed by atoms with van der Waals surface area (Å²) in [4.78, 5) is 11.1. The van der Waals surface area contributed by atoms with Gasteiger partial charge in [-0.1, -0.05) is 31.5 Å². The molecule has 1 aromatic carbocycles. The van der Waals surface area contributed by atoms with Gasteiger partial charge >= 0.3 is 5.97 Å². The molecule has 20 heavy (non-hydrogen) atoms. The van der Waals surface area contributed by atoms with Gasteiger partial charge in [-0.2, -0.15) is 0 Å². The second-order valence-electron chi connectivity index (χ2n) is 5.82. The van der Waals surface area contributed by atoms with Crippen LogP contribution < -0.4 is 4.74 Å². The molecule has 0 radical (unpaired) electrons. The highest BCUT2D eigenvalue weighted by molar-refractivity contribution is 6.33. The first-order valence-corrected chi connectivity index (χ1v) is 7.41. The zero-order valence-electron chi connectivity index (χ0n) is 12.1. The molecule has 1 atom stereocenters. The molecule has 0 heterocycles. The molecule has 1 unspecified atom stereocenters. The number of hydrogen-bond donors (Lipinski definition) is 1. The minimum Gasteiger partial charge on any atom is -0.495 e. The number of carbonyl (C=O) groups is 1. The molecule has 110 valence electrons. The lowest BCUT2D eigenvalue weighted by Gasteiger charge is -2.20. The van der Waals surface area contributed by atoms with Crippen molar-refractivity contribution in [3.05, 3.63) is 28.3 Å². The van der Waals surface area contributed by atoms with E-state index in [0.717, 1.165) is 24.0 Å². The molecule has 0 aromatic heterocycles. The summed E-state index contributed by atoms with van der Waals surface area (Å²) in [6.45, 7) is 4.21. The number of carboxylic acids is 1. The van der Waals surface area contributed by atoms with Crippen LogP contribution in [0.5, 0.6) is 5.75 Å². The van der Waals surface area contributed by atoms with Crippen molar-refractivity contribution in [3.8, 4) is 5.75 Å². The predicted molar refractivity (Wildman–Crippen MR) is 79.8 cm³/mol. The smallest absolute Gasteiger partial charge is 0.303 e. The average molecular weight is 297 g/mol. The second-order valence-corrected chi connectivity index (χ2v) is 6.20. The number of aliphatic carboxylic acids is 1. The fourth-order valence-corrected chi connectivity index (χ4v) is 2.94. The van der Waals surface area contributed by atoms with E-state index in [0.29, 0.717) is 22.6 Å². The summed E-state index contributed by atoms with van der Waals surface area (Å²) in [6, 6.07) is 4.00. The molecule has 0 bridgehead atoms. The van der Waals surface area contributed by atoms with Gasteiger partial charge in [0, 0.05) is 0 Å². The average Bonchev–Trinajstić information content (AvgIpc) is 3.20. The molecule has 1 aromatic rings. The third-order valence-corrected chi connectivity index (χ3v) is 4.37. The van der Waals surface area contributed by atoms with Crippen LogP contribution in [-0.4, -0.2) is 18.2 Å². The molecular formula is C16H21ClO3. The number of hydrogen-bond acceptors (Lipinski definition) is 2. The predicted octanol–water partition coefficient (Wildman–Crippen LogP) is 4.44. The number of rotatable bonds is 6. The summed E-state index contributed by atoms with van der Waals surface area (Å²) in [6.07, 6.45) is 2.31. The van der Waals surface area contributed by atoms with Gasteiger partial charge in [0.15, 0.2) is 0 Å². The van der Waals surface area contributed by atoms with Gasteiger partial charge in [-0.05, 0) is 47.8 Å². The van der Waals surface area contributed by atoms with Crippen LogP contribution in [0.25, 0.3) is 0 Å². The lowest BCUT2D eigenvalue weighted by molar-refractivity contribution is -0.137. The minimum atomic E-state index is -0.771. The molecule has 0 spiro atoms. The van der Waals surface area contributed by atoms with Crippen LogP contribution in [0, 0.1) is 5.92 Å². The first kappa shape index (κ1) is 15.2. The van der Waals surface area contributed by atoms with Crippen LogP contribution in [0.3, 0.4) is 0 Å². The molecule has 1 saturated carbocycles. The van der Waals surface area contributed by atoms with Gasteiger partial charge < -0.3 is 9.84 Å². The van der Waals surface area contributed by atoms with Gasteiger partial charge in [0.25, 0.3) is 0 Å². The van der Waals surface area contributed by atoms with Crippen molar-refractivity contribution in [2.24, 2.45) is 5.92 Å². The molecular weight excluding hydrogens is 276 g/mol. The van der Waals surface area contributed by atoms with Gasteiger partial charge in [-0.15, -0.1) is 0 Å². The van der Waals surface area contributed by atoms with Crippen LogP contribution in [0.1, 0.15) is 56.1 Å². The van der Waals surface area contributed by atoms with E-state index in [9.17, 15) is 4.79 Å². The molecule has 0 aliphatic heterocycles. The monoisotopic (exact) mass is 296 g/mol. The van der Waals surface area contributed by atoms with E-state index in [1.54, 1.807) is 7.11 Å². The number of carboxylic acid groups (broad SMARTS) is 1. The fourth-order valence-electron chi connectivity index (χ4n) is 2.61. The third-order valence-electron chi connectivity index (χ3n) is 3.96. The van der Waals surface area contributed by atoms with Crippen molar-refractivity contribution < 1.29 is 14.6 Å². The van der Waals surface area contributed by atoms with Crippen LogP contribution in [0.2, 0.25) is 5.02 Å². The highest BCUT2D eigenvalue weighted by atomic mass is 35.5. The number of ether oxygens (including phenoxy) is 1. The van der Waals surface area contributed by atoms with Gasteiger partial charge in [0.05, 0.1) is 18.6 Å². The Hall–Kier alpha value is -1.22. The summed E-state index contributed by atoms with van der Waals surface area (Å²) in [5.41, 5.74) is 2.07. The molecule has 1 fully saturated rings. The molecule has 1 aliphatic carbocycles. The summed E-state index contributed by atoms with van der Waals surface area (Å²) in [5, 5.41) is 9.71. The first-order chi connectivity index (χ1) is 9.43. The standard InChI is InChI=1S/C16H21ClO3/c1-9(2)11-6-13(16(17)14(7-11)20-3)12(8-15(18)19)10-4-5-10/h6-7,9-10,12H,4-5,8H2,1-3H3,(H,18,19). The zero-order valence-corrected chi connectivity index (χ0v) is 12.9. The van der Waals surface area contributed by atoms with Crippen molar-refractivity contribution >= 4 is 17.6 Å². The Morgan fingerprint density at radius 1 is 1.45 bits per heavy atom. The molecule has 3 nitrogen and oxygen atoms in total. The van der Waals surface area contributed by atoms with E-state index in [2.05, 4.69) is 19.9 Å². The summed E-state index contributed by atoms with van der Waals surface area (Å²) >= 11 is 6.42. The molecule has 4 heteroatoms. The Bertz CT molecular complexity index is 507. The van der Waals surface area contributed by atoms with E-state index >= 15 is 0 Å². The Balaban J connectivity index is 2.46. The Morgan fingerprint density at radius 3 is 2.55 bits per heavy atom. The number of methoxy groups -OCH3 is 1. The van der Waals surface area contributed by atoms with E-state index in [4.69, 9.17) is 21.4 Å². The number of benzene rings is 1. The topological polar surface area (TPSA) is 46.5 Å². The summed E-state index contributed by atoms with van der Waals surface area (Å²) < 4.78 is 5.35. The highest BCUT2D eigenvalue weighted by Crippen LogP contribution is 2.48. The molecule has 1 N–H and O–H groups in total. The van der Waals surface area contributed by atoms with E-state index in [1.165, 1.54) is 0 Å². The zero-order chi connectivity index (χ0) is 14.9. The Labute approximate surface area is 124 Å². The van der Waals surface area contributed by atoms with Crippen molar-refractivity contribution in [1.82, 2.24) is 0 Å². The largest absolute Gasteiger partial charge is 0.495 e. The van der Waals surface area contributed by atoms with Crippen LogP contribution in [0.4, 0.5) is 0 Å². The van der Waals surface area contributed by atoms with E-state index in [-0.39, 0.29) is 12.3 Å². The molecule has 1 aliphatic rings. The van der Waals surface area contributed by atoms with Crippen molar-refractivity contribution in [3.63, 3.8) is 0 Å². The summed E-state index contributed by atoms with van der Waals surface area (Å²) in [5.74, 6) is 0.656. The van der Waals surface area contributed by atoms with E-state index < -0.39 is 5.97 Å². The quantitative estimate of drug-likeness (QED) is 0.844. The Kier molecular flexibility index (Phi) is 4.59. The fraction of sp³-hybridized carbons (Fsp3) is 0.562. The third kappa shape index (κ3) is 3.26. The normalized spacial score (nSPS) is 16.2. The lowest BCUT2D eigenvalue weighted by atomic mass is 9.88. The first-order valence-electron chi connectivity index (χ1n) is 7.03. The number of halogens is 1.